The van der Waals surface area contributed by atoms with Crippen LogP contribution in [-0.4, -0.2) is 15.4 Å². The van der Waals surface area contributed by atoms with Crippen molar-refractivity contribution in [3.8, 4) is 0 Å². The normalized spacial score (nSPS) is 11.5. The highest BCUT2D eigenvalue weighted by atomic mass is 19.1. The number of pyridine rings is 1. The quantitative estimate of drug-likeness (QED) is 0.679. The predicted molar refractivity (Wildman–Crippen MR) is 77.0 cm³/mol. The summed E-state index contributed by atoms with van der Waals surface area (Å²) < 4.78 is 14.7. The molecule has 0 saturated carbocycles. The molecule has 0 aliphatic heterocycles. The van der Waals surface area contributed by atoms with E-state index in [1.54, 1.807) is 19.1 Å². The van der Waals surface area contributed by atoms with Crippen LogP contribution in [0, 0.1) is 5.82 Å². The largest absolute Gasteiger partial charge is 0.381 e. The highest BCUT2D eigenvalue weighted by Gasteiger charge is 2.20. The van der Waals surface area contributed by atoms with Crippen LogP contribution in [0.15, 0.2) is 42.8 Å². The number of fused-ring (bicyclic) bond motifs is 1. The van der Waals surface area contributed by atoms with Gasteiger partial charge < -0.3 is 4.84 Å². The van der Waals surface area contributed by atoms with Crippen LogP contribution in [0.4, 0.5) is 4.39 Å². The van der Waals surface area contributed by atoms with Crippen molar-refractivity contribution in [2.24, 2.45) is 0 Å². The molecular formula is C15H16FN3O2. The first-order valence-corrected chi connectivity index (χ1v) is 6.49. The number of hydroxylamine groups is 1. The number of halogens is 1. The lowest BCUT2D eigenvalue weighted by Gasteiger charge is -2.07. The number of imidazole rings is 1. The number of allylic oxidation sites excluding steroid dienone is 3. The lowest BCUT2D eigenvalue weighted by atomic mass is 10.2. The highest BCUT2D eigenvalue weighted by molar-refractivity contribution is 5.90. The average Bonchev–Trinajstić information content (AvgIpc) is 2.82. The second kappa shape index (κ2) is 6.21. The summed E-state index contributed by atoms with van der Waals surface area (Å²) in [5.41, 5.74) is 4.37. The number of carbonyl (C=O) groups excluding carboxylic acids is 1. The van der Waals surface area contributed by atoms with Gasteiger partial charge in [0.25, 0.3) is 0 Å². The Morgan fingerprint density at radius 1 is 1.62 bits per heavy atom. The molecule has 0 radical (unpaired) electrons. The molecule has 0 amide bonds. The van der Waals surface area contributed by atoms with Crippen LogP contribution < -0.4 is 5.48 Å². The Labute approximate surface area is 121 Å². The third-order valence-corrected chi connectivity index (χ3v) is 2.86. The summed E-state index contributed by atoms with van der Waals surface area (Å²) in [6, 6.07) is 2.54. The van der Waals surface area contributed by atoms with Crippen molar-refractivity contribution in [2.75, 3.05) is 0 Å². The summed E-state index contributed by atoms with van der Waals surface area (Å²) >= 11 is 0. The maximum absolute atomic E-state index is 13.2. The Morgan fingerprint density at radius 3 is 3.05 bits per heavy atom. The van der Waals surface area contributed by atoms with Gasteiger partial charge in [0.15, 0.2) is 5.69 Å². The molecule has 0 aliphatic carbocycles. The molecular weight excluding hydrogens is 273 g/mol. The third-order valence-electron chi connectivity index (χ3n) is 2.86. The molecule has 2 aromatic heterocycles. The first kappa shape index (κ1) is 14.8. The van der Waals surface area contributed by atoms with Crippen molar-refractivity contribution in [2.45, 2.75) is 20.3 Å². The van der Waals surface area contributed by atoms with Gasteiger partial charge in [0.2, 0.25) is 0 Å². The van der Waals surface area contributed by atoms with E-state index < -0.39 is 11.8 Å². The Morgan fingerprint density at radius 2 is 2.38 bits per heavy atom. The topological polar surface area (TPSA) is 55.6 Å². The van der Waals surface area contributed by atoms with Gasteiger partial charge in [-0.1, -0.05) is 19.6 Å². The molecule has 0 bridgehead atoms. The first-order valence-electron chi connectivity index (χ1n) is 6.49. The first-order chi connectivity index (χ1) is 10.1. The number of carbonyl (C=O) groups is 1. The molecule has 0 aliphatic rings. The van der Waals surface area contributed by atoms with Gasteiger partial charge in [-0.25, -0.2) is 19.6 Å². The van der Waals surface area contributed by atoms with E-state index in [9.17, 15) is 9.18 Å². The Balaban J connectivity index is 2.33. The summed E-state index contributed by atoms with van der Waals surface area (Å²) in [5.74, 6) is -0.985. The van der Waals surface area contributed by atoms with Crippen molar-refractivity contribution < 1.29 is 14.0 Å². The number of nitrogens with one attached hydrogen (secondary N) is 1. The van der Waals surface area contributed by atoms with Crippen molar-refractivity contribution in [1.82, 2.24) is 14.9 Å². The molecule has 110 valence electrons. The Bertz CT molecular complexity index is 719. The zero-order valence-electron chi connectivity index (χ0n) is 11.9. The second-order valence-electron chi connectivity index (χ2n) is 4.41. The average molecular weight is 289 g/mol. The zero-order chi connectivity index (χ0) is 15.4. The van der Waals surface area contributed by atoms with Crippen LogP contribution in [0.25, 0.3) is 5.65 Å². The van der Waals surface area contributed by atoms with Gasteiger partial charge in [0, 0.05) is 18.0 Å². The number of hydrogen-bond donors (Lipinski definition) is 1. The van der Waals surface area contributed by atoms with Gasteiger partial charge >= 0.3 is 5.97 Å². The molecule has 0 atom stereocenters. The SMILES string of the molecule is C=C/C=C(\C)NOC(=O)c1c(CC)nc2cc(F)ccn12. The molecule has 0 fully saturated rings. The van der Waals surface area contributed by atoms with E-state index in [0.717, 1.165) is 0 Å². The Kier molecular flexibility index (Phi) is 4.37. The van der Waals surface area contributed by atoms with E-state index in [1.165, 1.54) is 22.7 Å². The smallest absolute Gasteiger partial charge is 0.337 e. The van der Waals surface area contributed by atoms with Crippen molar-refractivity contribution in [3.05, 3.63) is 60.0 Å². The van der Waals surface area contributed by atoms with Gasteiger partial charge in [-0.05, 0) is 25.5 Å². The molecule has 6 heteroatoms. The molecule has 0 saturated heterocycles. The fraction of sp³-hybridized carbons (Fsp3) is 0.200. The minimum atomic E-state index is -0.581. The molecule has 2 heterocycles. The monoisotopic (exact) mass is 289 g/mol. The van der Waals surface area contributed by atoms with E-state index in [4.69, 9.17) is 4.84 Å². The maximum Gasteiger partial charge on any atom is 0.381 e. The third kappa shape index (κ3) is 3.10. The number of rotatable bonds is 5. The van der Waals surface area contributed by atoms with Gasteiger partial charge in [-0.15, -0.1) is 0 Å². The molecule has 2 rings (SSSR count). The standard InChI is InChI=1S/C15H16FN3O2/c1-4-6-10(3)18-21-15(20)14-12(5-2)17-13-9-11(16)7-8-19(13)14/h4,6-9,18H,1,5H2,2-3H3/b10-6+. The fourth-order valence-electron chi connectivity index (χ4n) is 1.92. The van der Waals surface area contributed by atoms with Gasteiger partial charge in [0.1, 0.15) is 11.5 Å². The summed E-state index contributed by atoms with van der Waals surface area (Å²) in [4.78, 5) is 21.5. The van der Waals surface area contributed by atoms with Gasteiger partial charge in [0.05, 0.1) is 5.69 Å². The zero-order valence-corrected chi connectivity index (χ0v) is 11.9. The minimum absolute atomic E-state index is 0.284. The number of aromatic nitrogens is 2. The number of hydrogen-bond acceptors (Lipinski definition) is 4. The van der Waals surface area contributed by atoms with Crippen molar-refractivity contribution in [1.29, 1.82) is 0 Å². The van der Waals surface area contributed by atoms with Crippen LogP contribution in [0.3, 0.4) is 0 Å². The lowest BCUT2D eigenvalue weighted by Crippen LogP contribution is -2.20. The summed E-state index contributed by atoms with van der Waals surface area (Å²) in [5, 5.41) is 0. The molecule has 0 aromatic carbocycles. The fourth-order valence-corrected chi connectivity index (χ4v) is 1.92. The van der Waals surface area contributed by atoms with E-state index >= 15 is 0 Å². The lowest BCUT2D eigenvalue weighted by molar-refractivity contribution is 0.0315. The van der Waals surface area contributed by atoms with Crippen LogP contribution in [0.1, 0.15) is 30.0 Å². The van der Waals surface area contributed by atoms with Crippen LogP contribution in [-0.2, 0) is 11.3 Å². The highest BCUT2D eigenvalue weighted by Crippen LogP contribution is 2.15. The van der Waals surface area contributed by atoms with E-state index in [0.29, 0.717) is 23.5 Å². The van der Waals surface area contributed by atoms with Gasteiger partial charge in [-0.2, -0.15) is 0 Å². The second-order valence-corrected chi connectivity index (χ2v) is 4.41. The number of nitrogens with zero attached hydrogens (tertiary/aromatic N) is 2. The predicted octanol–water partition coefficient (Wildman–Crippen LogP) is 2.79. The molecule has 5 nitrogen and oxygen atoms in total. The summed E-state index contributed by atoms with van der Waals surface area (Å²) in [6.45, 7) is 7.15. The van der Waals surface area contributed by atoms with Crippen LogP contribution in [0.2, 0.25) is 0 Å². The number of aryl methyl sites for hydroxylation is 1. The van der Waals surface area contributed by atoms with Crippen LogP contribution in [0.5, 0.6) is 0 Å². The molecule has 0 unspecified atom stereocenters. The minimum Gasteiger partial charge on any atom is -0.337 e. The summed E-state index contributed by atoms with van der Waals surface area (Å²) in [7, 11) is 0. The van der Waals surface area contributed by atoms with Gasteiger partial charge in [-0.3, -0.25) is 4.40 Å². The maximum atomic E-state index is 13.2. The van der Waals surface area contributed by atoms with Crippen molar-refractivity contribution in [3.63, 3.8) is 0 Å². The van der Waals surface area contributed by atoms with Crippen LogP contribution >= 0.6 is 0 Å². The summed E-state index contributed by atoms with van der Waals surface area (Å²) in [6.07, 6.45) is 5.23. The van der Waals surface area contributed by atoms with E-state index in [2.05, 4.69) is 17.0 Å². The van der Waals surface area contributed by atoms with Crippen molar-refractivity contribution >= 4 is 11.6 Å². The molecule has 1 N–H and O–H groups in total. The Hall–Kier alpha value is -2.63. The van der Waals surface area contributed by atoms with E-state index in [1.807, 2.05) is 6.92 Å². The molecule has 21 heavy (non-hydrogen) atoms. The molecule has 2 aromatic rings. The van der Waals surface area contributed by atoms with E-state index in [-0.39, 0.29) is 5.69 Å². The molecule has 0 spiro atoms.